The number of imidazole rings is 1. The van der Waals surface area contributed by atoms with Gasteiger partial charge in [0.15, 0.2) is 0 Å². The first-order valence-corrected chi connectivity index (χ1v) is 14.4. The number of phenols is 2. The Kier molecular flexibility index (Phi) is 10.00. The van der Waals surface area contributed by atoms with E-state index in [-0.39, 0.29) is 22.2 Å². The van der Waals surface area contributed by atoms with Crippen LogP contribution in [0.3, 0.4) is 0 Å². The number of benzene rings is 4. The second-order valence-electron chi connectivity index (χ2n) is 9.00. The van der Waals surface area contributed by atoms with E-state index in [2.05, 4.69) is 51.8 Å². The zero-order chi connectivity index (χ0) is 30.6. The molecular weight excluding hydrogens is 713 g/mol. The maximum atomic E-state index is 10.6. The van der Waals surface area contributed by atoms with Gasteiger partial charge >= 0.3 is 0 Å². The minimum atomic E-state index is -0.525. The van der Waals surface area contributed by atoms with Gasteiger partial charge in [0.25, 0.3) is 5.69 Å². The Morgan fingerprint density at radius 3 is 1.95 bits per heavy atom. The number of halogens is 4. The Labute approximate surface area is 267 Å². The summed E-state index contributed by atoms with van der Waals surface area (Å²) in [5.41, 5.74) is 5.68. The van der Waals surface area contributed by atoms with Crippen LogP contribution in [-0.4, -0.2) is 37.5 Å². The lowest BCUT2D eigenvalue weighted by Gasteiger charge is -2.04. The van der Waals surface area contributed by atoms with Gasteiger partial charge in [-0.05, 0) is 99.3 Å². The molecule has 0 amide bonds. The lowest BCUT2D eigenvalue weighted by molar-refractivity contribution is -0.384. The molecule has 0 atom stereocenters. The van der Waals surface area contributed by atoms with Crippen molar-refractivity contribution in [3.8, 4) is 11.5 Å². The van der Waals surface area contributed by atoms with Gasteiger partial charge in [0.2, 0.25) is 0 Å². The van der Waals surface area contributed by atoms with E-state index in [1.54, 1.807) is 36.8 Å². The molecule has 9 nitrogen and oxygen atoms in total. The van der Waals surface area contributed by atoms with E-state index < -0.39 is 4.92 Å². The number of aliphatic imine (C=N–C) groups is 2. The Hall–Kier alpha value is -3.77. The van der Waals surface area contributed by atoms with Crippen LogP contribution in [0, 0.1) is 24.0 Å². The summed E-state index contributed by atoms with van der Waals surface area (Å²) in [7, 11) is 0. The maximum Gasteiger partial charge on any atom is 0.271 e. The molecule has 4 aromatic carbocycles. The predicted octanol–water partition coefficient (Wildman–Crippen LogP) is 9.52. The second kappa shape index (κ2) is 13.5. The van der Waals surface area contributed by atoms with Crippen LogP contribution < -0.4 is 0 Å². The molecule has 0 saturated carbocycles. The highest BCUT2D eigenvalue weighted by Crippen LogP contribution is 2.33. The van der Waals surface area contributed by atoms with E-state index in [4.69, 9.17) is 23.2 Å². The Morgan fingerprint density at radius 2 is 1.40 bits per heavy atom. The number of fused-ring (bicyclic) bond motifs is 1. The zero-order valence-corrected chi connectivity index (χ0v) is 26.6. The van der Waals surface area contributed by atoms with E-state index in [9.17, 15) is 20.3 Å². The number of nitro groups is 1. The van der Waals surface area contributed by atoms with Crippen LogP contribution in [0.15, 0.2) is 79.9 Å². The molecule has 0 aliphatic heterocycles. The summed E-state index contributed by atoms with van der Waals surface area (Å²) in [6.07, 6.45) is 4.66. The van der Waals surface area contributed by atoms with Crippen molar-refractivity contribution in [3.05, 3.63) is 112 Å². The van der Waals surface area contributed by atoms with Crippen LogP contribution in [0.25, 0.3) is 11.0 Å². The van der Waals surface area contributed by atoms with Gasteiger partial charge in [-0.25, -0.2) is 4.98 Å². The zero-order valence-electron chi connectivity index (χ0n) is 21.9. The van der Waals surface area contributed by atoms with Crippen molar-refractivity contribution in [1.29, 1.82) is 0 Å². The number of hydrogen-bond donors (Lipinski definition) is 3. The van der Waals surface area contributed by atoms with Crippen LogP contribution in [0.2, 0.25) is 10.0 Å². The SMILES string of the molecule is Cc1cc(Br)c(O)c(C=Nc2cc3nc[nH]c3cc2Cl)c1.Cc1cc(Br)c(O)c(C=Nc2ccc([N+](=O)[O-])cc2Cl)c1. The number of aromatic amines is 1. The molecule has 0 spiro atoms. The molecular formula is C29H21Br2Cl2N5O4. The fraction of sp³-hybridized carbons (Fsp3) is 0.0690. The second-order valence-corrected chi connectivity index (χ2v) is 11.5. The number of nitrogens with zero attached hydrogens (tertiary/aromatic N) is 4. The van der Waals surface area contributed by atoms with Crippen molar-refractivity contribution in [2.75, 3.05) is 0 Å². The van der Waals surface area contributed by atoms with Gasteiger partial charge in [-0.2, -0.15) is 0 Å². The highest BCUT2D eigenvalue weighted by atomic mass is 79.9. The molecule has 5 aromatic rings. The quantitative estimate of drug-likeness (QED) is 0.0939. The molecule has 0 unspecified atom stereocenters. The number of hydrogen-bond acceptors (Lipinski definition) is 7. The normalized spacial score (nSPS) is 11.3. The van der Waals surface area contributed by atoms with Crippen LogP contribution in [-0.2, 0) is 0 Å². The molecule has 42 heavy (non-hydrogen) atoms. The van der Waals surface area contributed by atoms with Crippen molar-refractivity contribution < 1.29 is 15.1 Å². The number of aromatic nitrogens is 2. The van der Waals surface area contributed by atoms with Gasteiger partial charge in [-0.15, -0.1) is 0 Å². The first-order valence-electron chi connectivity index (χ1n) is 12.1. The molecule has 0 saturated heterocycles. The summed E-state index contributed by atoms with van der Waals surface area (Å²) < 4.78 is 1.21. The number of nitrogens with one attached hydrogen (secondary N) is 1. The van der Waals surface area contributed by atoms with Gasteiger partial charge in [0.1, 0.15) is 11.5 Å². The fourth-order valence-electron chi connectivity index (χ4n) is 3.76. The van der Waals surface area contributed by atoms with Gasteiger partial charge in [0.05, 0.1) is 52.6 Å². The first-order chi connectivity index (χ1) is 19.9. The molecule has 0 fully saturated rings. The summed E-state index contributed by atoms with van der Waals surface area (Å²) in [4.78, 5) is 25.8. The first kappa shape index (κ1) is 31.2. The van der Waals surface area contributed by atoms with Crippen LogP contribution in [0.4, 0.5) is 17.1 Å². The van der Waals surface area contributed by atoms with Gasteiger partial charge in [-0.3, -0.25) is 20.1 Å². The molecule has 0 aliphatic rings. The summed E-state index contributed by atoms with van der Waals surface area (Å²) in [6, 6.07) is 14.8. The summed E-state index contributed by atoms with van der Waals surface area (Å²) in [5, 5.41) is 31.3. The third-order valence-corrected chi connectivity index (χ3v) is 7.61. The highest BCUT2D eigenvalue weighted by Gasteiger charge is 2.10. The van der Waals surface area contributed by atoms with Crippen LogP contribution in [0.1, 0.15) is 22.3 Å². The minimum Gasteiger partial charge on any atom is -0.506 e. The van der Waals surface area contributed by atoms with E-state index in [1.165, 1.54) is 24.4 Å². The Balaban J connectivity index is 0.000000193. The number of phenolic OH excluding ortho intramolecular Hbond substituents is 2. The summed E-state index contributed by atoms with van der Waals surface area (Å²) >= 11 is 18.7. The van der Waals surface area contributed by atoms with Crippen molar-refractivity contribution in [3.63, 3.8) is 0 Å². The largest absolute Gasteiger partial charge is 0.506 e. The third-order valence-electron chi connectivity index (χ3n) is 5.79. The molecule has 0 radical (unpaired) electrons. The van der Waals surface area contributed by atoms with Crippen molar-refractivity contribution in [2.24, 2.45) is 9.98 Å². The highest BCUT2D eigenvalue weighted by molar-refractivity contribution is 9.10. The van der Waals surface area contributed by atoms with E-state index >= 15 is 0 Å². The van der Waals surface area contributed by atoms with Crippen molar-refractivity contribution in [2.45, 2.75) is 13.8 Å². The number of aryl methyl sites for hydroxylation is 2. The smallest absolute Gasteiger partial charge is 0.271 e. The fourth-order valence-corrected chi connectivity index (χ4v) is 5.37. The molecule has 1 heterocycles. The van der Waals surface area contributed by atoms with E-state index in [0.717, 1.165) is 22.2 Å². The molecule has 5 rings (SSSR count). The van der Waals surface area contributed by atoms with Gasteiger partial charge in [0, 0.05) is 35.7 Å². The van der Waals surface area contributed by atoms with E-state index in [1.807, 2.05) is 26.0 Å². The Bertz CT molecular complexity index is 1880. The minimum absolute atomic E-state index is 0.0717. The van der Waals surface area contributed by atoms with Crippen LogP contribution in [0.5, 0.6) is 11.5 Å². The number of aromatic hydroxyl groups is 2. The standard InChI is InChI=1S/C15H11BrClN3O.C14H10BrClN2O3/c1-8-2-9(15(21)10(16)3-8)6-18-12-5-14-13(4-11(12)17)19-7-20-14;1-8-4-9(14(19)11(15)5-8)7-17-13-3-2-10(18(20)21)6-12(13)16/h2-7,21H,1H3,(H,19,20);2-7,19H,1H3. The topological polar surface area (TPSA) is 137 Å². The molecule has 13 heteroatoms. The monoisotopic (exact) mass is 731 g/mol. The summed E-state index contributed by atoms with van der Waals surface area (Å²) in [5.74, 6) is 0.226. The molecule has 3 N–H and O–H groups in total. The molecule has 1 aromatic heterocycles. The third kappa shape index (κ3) is 7.54. The van der Waals surface area contributed by atoms with Crippen LogP contribution >= 0.6 is 55.1 Å². The number of non-ortho nitro benzene ring substituents is 1. The lowest BCUT2D eigenvalue weighted by atomic mass is 10.1. The molecule has 0 bridgehead atoms. The Morgan fingerprint density at radius 1 is 0.857 bits per heavy atom. The average molecular weight is 734 g/mol. The molecule has 0 aliphatic carbocycles. The number of H-pyrrole nitrogens is 1. The van der Waals surface area contributed by atoms with Crippen molar-refractivity contribution >= 4 is 95.6 Å². The average Bonchev–Trinajstić information content (AvgIpc) is 3.38. The maximum absolute atomic E-state index is 10.6. The number of nitro benzene ring substituents is 1. The summed E-state index contributed by atoms with van der Waals surface area (Å²) in [6.45, 7) is 3.84. The number of rotatable bonds is 5. The van der Waals surface area contributed by atoms with Crippen molar-refractivity contribution in [1.82, 2.24) is 9.97 Å². The van der Waals surface area contributed by atoms with Gasteiger partial charge < -0.3 is 15.2 Å². The predicted molar refractivity (Wildman–Crippen MR) is 175 cm³/mol. The van der Waals surface area contributed by atoms with Gasteiger partial charge in [-0.1, -0.05) is 23.2 Å². The molecule has 214 valence electrons. The lowest BCUT2D eigenvalue weighted by Crippen LogP contribution is -1.88. The van der Waals surface area contributed by atoms with E-state index in [0.29, 0.717) is 36.5 Å².